The van der Waals surface area contributed by atoms with Gasteiger partial charge in [-0.05, 0) is 48.4 Å². The number of aromatic amines is 1. The average molecular weight is 359 g/mol. The van der Waals surface area contributed by atoms with Crippen LogP contribution in [0.4, 0.5) is 11.4 Å². The van der Waals surface area contributed by atoms with Gasteiger partial charge in [0.25, 0.3) is 10.0 Å². The lowest BCUT2D eigenvalue weighted by Gasteiger charge is -2.18. The topological polar surface area (TPSA) is 121 Å². The second kappa shape index (κ2) is 5.49. The summed E-state index contributed by atoms with van der Waals surface area (Å²) >= 11 is 0. The molecule has 3 aromatic rings. The quantitative estimate of drug-likeness (QED) is 0.658. The molecular formula is C16H13N3O5S. The number of hydrogen-bond acceptors (Lipinski definition) is 5. The lowest BCUT2D eigenvalue weighted by molar-refractivity contribution is -0.116. The van der Waals surface area contributed by atoms with E-state index in [2.05, 4.69) is 15.0 Å². The molecule has 25 heavy (non-hydrogen) atoms. The zero-order chi connectivity index (χ0) is 17.6. The van der Waals surface area contributed by atoms with Crippen molar-refractivity contribution in [2.45, 2.75) is 17.7 Å². The van der Waals surface area contributed by atoms with Crippen LogP contribution in [0.15, 0.2) is 50.5 Å². The van der Waals surface area contributed by atoms with E-state index in [1.807, 2.05) is 0 Å². The van der Waals surface area contributed by atoms with Gasteiger partial charge in [0, 0.05) is 17.8 Å². The molecule has 1 aliphatic heterocycles. The molecule has 3 N–H and O–H groups in total. The Hall–Kier alpha value is -3.07. The highest BCUT2D eigenvalue weighted by Crippen LogP contribution is 2.27. The summed E-state index contributed by atoms with van der Waals surface area (Å²) in [5.41, 5.74) is 2.55. The van der Waals surface area contributed by atoms with Crippen molar-refractivity contribution in [1.82, 2.24) is 4.98 Å². The number of rotatable bonds is 3. The number of nitrogens with one attached hydrogen (secondary N) is 3. The smallest absolute Gasteiger partial charge is 0.408 e. The van der Waals surface area contributed by atoms with E-state index < -0.39 is 15.8 Å². The molecule has 8 nitrogen and oxygen atoms in total. The number of fused-ring (bicyclic) bond motifs is 2. The third-order valence-corrected chi connectivity index (χ3v) is 5.33. The number of hydrogen-bond donors (Lipinski definition) is 3. The molecule has 1 amide bonds. The first-order valence-electron chi connectivity index (χ1n) is 7.49. The Kier molecular flexibility index (Phi) is 3.39. The Balaban J connectivity index is 1.66. The van der Waals surface area contributed by atoms with Crippen molar-refractivity contribution in [2.24, 2.45) is 0 Å². The summed E-state index contributed by atoms with van der Waals surface area (Å²) in [6.45, 7) is 0. The first-order valence-corrected chi connectivity index (χ1v) is 8.97. The van der Waals surface area contributed by atoms with Gasteiger partial charge in [-0.2, -0.15) is 0 Å². The van der Waals surface area contributed by atoms with Crippen LogP contribution in [0, 0.1) is 0 Å². The first-order chi connectivity index (χ1) is 11.9. The molecule has 2 aromatic carbocycles. The number of H-pyrrole nitrogens is 1. The zero-order valence-corrected chi connectivity index (χ0v) is 13.6. The molecular weight excluding hydrogens is 346 g/mol. The van der Waals surface area contributed by atoms with E-state index in [4.69, 9.17) is 4.42 Å². The van der Waals surface area contributed by atoms with Crippen LogP contribution in [0.1, 0.15) is 12.0 Å². The molecule has 0 saturated heterocycles. The Bertz CT molecular complexity index is 1160. The number of carbonyl (C=O) groups excluding carboxylic acids is 1. The number of amides is 1. The molecule has 0 fully saturated rings. The summed E-state index contributed by atoms with van der Waals surface area (Å²) in [6.07, 6.45) is 0.923. The highest BCUT2D eigenvalue weighted by molar-refractivity contribution is 7.92. The van der Waals surface area contributed by atoms with E-state index in [0.29, 0.717) is 29.7 Å². The highest BCUT2D eigenvalue weighted by Gasteiger charge is 2.19. The minimum atomic E-state index is -3.83. The second-order valence-corrected chi connectivity index (χ2v) is 7.38. The second-order valence-electron chi connectivity index (χ2n) is 5.70. The lowest BCUT2D eigenvalue weighted by Crippen LogP contribution is -2.19. The fraction of sp³-hybridized carbons (Fsp3) is 0.125. The molecule has 0 atom stereocenters. The number of anilines is 2. The normalized spacial score (nSPS) is 14.2. The van der Waals surface area contributed by atoms with Crippen LogP contribution in [0.2, 0.25) is 0 Å². The highest BCUT2D eigenvalue weighted by atomic mass is 32.2. The van der Waals surface area contributed by atoms with E-state index in [1.54, 1.807) is 18.2 Å². The molecule has 1 aliphatic rings. The lowest BCUT2D eigenvalue weighted by atomic mass is 10.0. The molecule has 128 valence electrons. The van der Waals surface area contributed by atoms with Crippen molar-refractivity contribution >= 4 is 38.4 Å². The van der Waals surface area contributed by atoms with Crippen LogP contribution in [-0.2, 0) is 21.2 Å². The number of benzene rings is 2. The van der Waals surface area contributed by atoms with Gasteiger partial charge in [-0.1, -0.05) is 0 Å². The van der Waals surface area contributed by atoms with E-state index in [1.165, 1.54) is 18.2 Å². The monoisotopic (exact) mass is 359 g/mol. The van der Waals surface area contributed by atoms with Gasteiger partial charge in [-0.15, -0.1) is 0 Å². The number of aryl methyl sites for hydroxylation is 1. The van der Waals surface area contributed by atoms with Gasteiger partial charge in [0.15, 0.2) is 5.58 Å². The molecule has 2 heterocycles. The molecule has 0 saturated carbocycles. The van der Waals surface area contributed by atoms with Crippen molar-refractivity contribution in [2.75, 3.05) is 10.0 Å². The van der Waals surface area contributed by atoms with Crippen molar-refractivity contribution in [3.63, 3.8) is 0 Å². The Morgan fingerprint density at radius 2 is 1.88 bits per heavy atom. The van der Waals surface area contributed by atoms with E-state index >= 15 is 0 Å². The van der Waals surface area contributed by atoms with Crippen molar-refractivity contribution in [3.05, 3.63) is 52.5 Å². The minimum absolute atomic E-state index is 0.00285. The van der Waals surface area contributed by atoms with Crippen molar-refractivity contribution in [3.8, 4) is 0 Å². The van der Waals surface area contributed by atoms with Gasteiger partial charge >= 0.3 is 5.76 Å². The summed E-state index contributed by atoms with van der Waals surface area (Å²) < 4.78 is 32.5. The summed E-state index contributed by atoms with van der Waals surface area (Å²) in [5, 5.41) is 2.74. The predicted molar refractivity (Wildman–Crippen MR) is 91.0 cm³/mol. The van der Waals surface area contributed by atoms with Crippen molar-refractivity contribution < 1.29 is 17.6 Å². The van der Waals surface area contributed by atoms with Crippen LogP contribution >= 0.6 is 0 Å². The third kappa shape index (κ3) is 2.89. The maximum Gasteiger partial charge on any atom is 0.417 e. The maximum atomic E-state index is 12.6. The minimum Gasteiger partial charge on any atom is -0.408 e. The molecule has 9 heteroatoms. The van der Waals surface area contributed by atoms with Crippen LogP contribution in [-0.4, -0.2) is 19.3 Å². The molecule has 0 bridgehead atoms. The maximum absolute atomic E-state index is 12.6. The Morgan fingerprint density at radius 3 is 2.72 bits per heavy atom. The van der Waals surface area contributed by atoms with Crippen LogP contribution in [0.5, 0.6) is 0 Å². The summed E-state index contributed by atoms with van der Waals surface area (Å²) in [4.78, 5) is 25.0. The van der Waals surface area contributed by atoms with E-state index in [0.717, 1.165) is 5.56 Å². The molecule has 1 aromatic heterocycles. The number of aromatic nitrogens is 1. The number of sulfonamides is 1. The summed E-state index contributed by atoms with van der Waals surface area (Å²) in [6, 6.07) is 9.07. The first kappa shape index (κ1) is 15.5. The van der Waals surface area contributed by atoms with Crippen LogP contribution < -0.4 is 15.8 Å². The average Bonchev–Trinajstić information content (AvgIpc) is 2.94. The summed E-state index contributed by atoms with van der Waals surface area (Å²) in [7, 11) is -3.83. The van der Waals surface area contributed by atoms with Gasteiger partial charge in [-0.25, -0.2) is 13.2 Å². The molecule has 0 radical (unpaired) electrons. The molecule has 4 rings (SSSR count). The van der Waals surface area contributed by atoms with Gasteiger partial charge in [0.1, 0.15) is 0 Å². The fourth-order valence-corrected chi connectivity index (χ4v) is 3.83. The third-order valence-electron chi connectivity index (χ3n) is 3.95. The molecule has 0 unspecified atom stereocenters. The fourth-order valence-electron chi connectivity index (χ4n) is 2.76. The number of oxazole rings is 1. The Labute approximate surface area is 141 Å². The van der Waals surface area contributed by atoms with Crippen molar-refractivity contribution in [1.29, 1.82) is 0 Å². The largest absolute Gasteiger partial charge is 0.417 e. The SMILES string of the molecule is O=C1CCc2cc(NS(=O)(=O)c3ccc4oc(=O)[nH]c4c3)ccc2N1. The van der Waals surface area contributed by atoms with E-state index in [-0.39, 0.29) is 16.4 Å². The molecule has 0 spiro atoms. The standard InChI is InChI=1S/C16H13N3O5S/c20-15-6-1-9-7-10(2-4-12(9)17-15)19-25(22,23)11-3-5-14-13(8-11)18-16(21)24-14/h2-5,7-8,19H,1,6H2,(H,17,20)(H,18,21). The van der Waals surface area contributed by atoms with Gasteiger partial charge < -0.3 is 9.73 Å². The van der Waals surface area contributed by atoms with Gasteiger partial charge in [-0.3, -0.25) is 14.5 Å². The zero-order valence-electron chi connectivity index (χ0n) is 12.8. The molecule has 0 aliphatic carbocycles. The van der Waals surface area contributed by atoms with Gasteiger partial charge in [0.2, 0.25) is 5.91 Å². The van der Waals surface area contributed by atoms with Crippen LogP contribution in [0.3, 0.4) is 0 Å². The number of carbonyl (C=O) groups is 1. The predicted octanol–water partition coefficient (Wildman–Crippen LogP) is 1.81. The Morgan fingerprint density at radius 1 is 1.04 bits per heavy atom. The van der Waals surface area contributed by atoms with E-state index in [9.17, 15) is 18.0 Å². The summed E-state index contributed by atoms with van der Waals surface area (Å²) in [5.74, 6) is -0.697. The van der Waals surface area contributed by atoms with Gasteiger partial charge in [0.05, 0.1) is 10.4 Å². The van der Waals surface area contributed by atoms with Crippen LogP contribution in [0.25, 0.3) is 11.1 Å².